The molecule has 1 aliphatic rings. The third kappa shape index (κ3) is 3.58. The van der Waals surface area contributed by atoms with E-state index in [0.29, 0.717) is 0 Å². The van der Waals surface area contributed by atoms with Gasteiger partial charge in [-0.15, -0.1) is 0 Å². The highest BCUT2D eigenvalue weighted by atomic mass is 16.5. The first kappa shape index (κ1) is 16.1. The molecule has 0 spiro atoms. The molecule has 0 radical (unpaired) electrons. The third-order valence-electron chi connectivity index (χ3n) is 4.55. The summed E-state index contributed by atoms with van der Waals surface area (Å²) in [5.41, 5.74) is 8.47. The van der Waals surface area contributed by atoms with Crippen molar-refractivity contribution in [2.24, 2.45) is 5.73 Å². The van der Waals surface area contributed by atoms with E-state index in [-0.39, 0.29) is 12.1 Å². The molecule has 2 heterocycles. The number of hydrogen-bond acceptors (Lipinski definition) is 4. The lowest BCUT2D eigenvalue weighted by atomic mass is 10.0. The van der Waals surface area contributed by atoms with E-state index in [2.05, 4.69) is 33.9 Å². The number of ether oxygens (including phenoxy) is 2. The van der Waals surface area contributed by atoms with Crippen LogP contribution in [-0.4, -0.2) is 48.9 Å². The molecule has 0 aliphatic carbocycles. The molecule has 0 unspecified atom stereocenters. The number of rotatable bonds is 5. The summed E-state index contributed by atoms with van der Waals surface area (Å²) in [6.45, 7) is 2.77. The lowest BCUT2D eigenvalue weighted by Crippen LogP contribution is -2.51. The number of benzene rings is 1. The number of methoxy groups -OCH3 is 2. The van der Waals surface area contributed by atoms with Crippen LogP contribution in [-0.2, 0) is 11.3 Å². The zero-order chi connectivity index (χ0) is 16.2. The zero-order valence-corrected chi connectivity index (χ0v) is 13.8. The second kappa shape index (κ2) is 7.17. The highest BCUT2D eigenvalue weighted by Gasteiger charge is 2.26. The van der Waals surface area contributed by atoms with Gasteiger partial charge in [0.1, 0.15) is 5.75 Å². The molecule has 5 heteroatoms. The van der Waals surface area contributed by atoms with E-state index >= 15 is 0 Å². The van der Waals surface area contributed by atoms with E-state index in [1.807, 2.05) is 18.2 Å². The normalized spacial score (nSPS) is 22.2. The van der Waals surface area contributed by atoms with Gasteiger partial charge in [0.25, 0.3) is 0 Å². The van der Waals surface area contributed by atoms with Gasteiger partial charge in [-0.1, -0.05) is 6.07 Å². The van der Waals surface area contributed by atoms with Gasteiger partial charge in [0, 0.05) is 56.4 Å². The number of likely N-dealkylation sites (tertiary alicyclic amines) is 1. The molecular formula is C18H25N3O2. The maximum atomic E-state index is 6.11. The number of piperidine rings is 1. The summed E-state index contributed by atoms with van der Waals surface area (Å²) >= 11 is 0. The molecule has 2 N–H and O–H groups in total. The lowest BCUT2D eigenvalue weighted by molar-refractivity contribution is 0.0135. The van der Waals surface area contributed by atoms with Gasteiger partial charge in [-0.25, -0.2) is 0 Å². The highest BCUT2D eigenvalue weighted by Crippen LogP contribution is 2.21. The van der Waals surface area contributed by atoms with Crippen LogP contribution in [0.25, 0.3) is 5.69 Å². The predicted molar refractivity (Wildman–Crippen MR) is 91.0 cm³/mol. The van der Waals surface area contributed by atoms with Gasteiger partial charge in [-0.2, -0.15) is 0 Å². The van der Waals surface area contributed by atoms with Crippen molar-refractivity contribution in [3.05, 3.63) is 48.3 Å². The smallest absolute Gasteiger partial charge is 0.120 e. The predicted octanol–water partition coefficient (Wildman–Crippen LogP) is 2.03. The third-order valence-corrected chi connectivity index (χ3v) is 4.55. The summed E-state index contributed by atoms with van der Waals surface area (Å²) in [5, 5.41) is 0. The molecule has 3 rings (SSSR count). The average Bonchev–Trinajstić information content (AvgIpc) is 3.04. The molecule has 1 aromatic heterocycles. The zero-order valence-electron chi connectivity index (χ0n) is 13.8. The minimum Gasteiger partial charge on any atom is -0.497 e. The molecule has 1 aromatic carbocycles. The Morgan fingerprint density at radius 1 is 1.22 bits per heavy atom. The average molecular weight is 315 g/mol. The summed E-state index contributed by atoms with van der Waals surface area (Å²) in [5.74, 6) is 0.866. The molecule has 0 amide bonds. The van der Waals surface area contributed by atoms with Crippen molar-refractivity contribution in [1.82, 2.24) is 9.47 Å². The molecule has 2 aromatic rings. The Balaban J connectivity index is 1.76. The van der Waals surface area contributed by atoms with Crippen molar-refractivity contribution in [3.63, 3.8) is 0 Å². The molecule has 0 bridgehead atoms. The Kier molecular flexibility index (Phi) is 5.00. The molecule has 1 fully saturated rings. The van der Waals surface area contributed by atoms with Crippen molar-refractivity contribution in [3.8, 4) is 11.4 Å². The van der Waals surface area contributed by atoms with Crippen molar-refractivity contribution >= 4 is 0 Å². The van der Waals surface area contributed by atoms with Crippen LogP contribution in [0.5, 0.6) is 5.75 Å². The molecule has 5 nitrogen and oxygen atoms in total. The van der Waals surface area contributed by atoms with Gasteiger partial charge in [0.15, 0.2) is 0 Å². The van der Waals surface area contributed by atoms with E-state index in [1.54, 1.807) is 14.2 Å². The van der Waals surface area contributed by atoms with Crippen LogP contribution >= 0.6 is 0 Å². The first-order chi connectivity index (χ1) is 11.2. The molecular weight excluding hydrogens is 290 g/mol. The van der Waals surface area contributed by atoms with Crippen molar-refractivity contribution < 1.29 is 9.47 Å². The summed E-state index contributed by atoms with van der Waals surface area (Å²) in [7, 11) is 3.44. The molecule has 1 aliphatic heterocycles. The lowest BCUT2D eigenvalue weighted by Gasteiger charge is -2.36. The number of hydrogen-bond donors (Lipinski definition) is 1. The largest absolute Gasteiger partial charge is 0.497 e. The fourth-order valence-corrected chi connectivity index (χ4v) is 3.18. The van der Waals surface area contributed by atoms with Crippen LogP contribution in [0.15, 0.2) is 42.6 Å². The van der Waals surface area contributed by atoms with Crippen LogP contribution < -0.4 is 10.5 Å². The Hall–Kier alpha value is -1.82. The topological polar surface area (TPSA) is 52.7 Å². The fraction of sp³-hybridized carbons (Fsp3) is 0.444. The second-order valence-electron chi connectivity index (χ2n) is 6.03. The number of aromatic nitrogens is 1. The summed E-state index contributed by atoms with van der Waals surface area (Å²) in [6.07, 6.45) is 3.18. The van der Waals surface area contributed by atoms with Crippen LogP contribution in [0.4, 0.5) is 0 Å². The van der Waals surface area contributed by atoms with Crippen molar-refractivity contribution in [1.29, 1.82) is 0 Å². The molecule has 124 valence electrons. The standard InChI is InChI=1S/C18H25N3O2/c1-22-16-7-3-5-14(11-16)21-9-4-6-15(21)12-20-10-8-17(19)18(13-20)23-2/h3-7,9,11,17-18H,8,10,12-13,19H2,1-2H3/t17-,18-/m1/s1. The monoisotopic (exact) mass is 315 g/mol. The molecule has 0 saturated carbocycles. The fourth-order valence-electron chi connectivity index (χ4n) is 3.18. The molecule has 2 atom stereocenters. The second-order valence-corrected chi connectivity index (χ2v) is 6.03. The number of nitrogens with zero attached hydrogens (tertiary/aromatic N) is 2. The van der Waals surface area contributed by atoms with Gasteiger partial charge in [-0.05, 0) is 30.7 Å². The minimum atomic E-state index is 0.115. The van der Waals surface area contributed by atoms with Crippen molar-refractivity contribution in [2.75, 3.05) is 27.3 Å². The van der Waals surface area contributed by atoms with Gasteiger partial charge in [0.05, 0.1) is 13.2 Å². The Labute approximate surface area is 137 Å². The highest BCUT2D eigenvalue weighted by molar-refractivity contribution is 5.41. The van der Waals surface area contributed by atoms with E-state index in [1.165, 1.54) is 5.69 Å². The van der Waals surface area contributed by atoms with Crippen LogP contribution in [0.2, 0.25) is 0 Å². The maximum absolute atomic E-state index is 6.11. The molecule has 23 heavy (non-hydrogen) atoms. The van der Waals surface area contributed by atoms with Gasteiger partial charge in [-0.3, -0.25) is 4.90 Å². The summed E-state index contributed by atoms with van der Waals surface area (Å²) < 4.78 is 13.0. The Morgan fingerprint density at radius 3 is 2.87 bits per heavy atom. The quantitative estimate of drug-likeness (QED) is 0.917. The van der Waals surface area contributed by atoms with E-state index < -0.39 is 0 Å². The van der Waals surface area contributed by atoms with E-state index in [9.17, 15) is 0 Å². The van der Waals surface area contributed by atoms with Crippen LogP contribution in [0.3, 0.4) is 0 Å². The first-order valence-corrected chi connectivity index (χ1v) is 8.02. The van der Waals surface area contributed by atoms with E-state index in [0.717, 1.165) is 37.5 Å². The van der Waals surface area contributed by atoms with E-state index in [4.69, 9.17) is 15.2 Å². The van der Waals surface area contributed by atoms with Crippen LogP contribution in [0.1, 0.15) is 12.1 Å². The minimum absolute atomic E-state index is 0.115. The van der Waals surface area contributed by atoms with Crippen molar-refractivity contribution in [2.45, 2.75) is 25.1 Å². The maximum Gasteiger partial charge on any atom is 0.120 e. The first-order valence-electron chi connectivity index (χ1n) is 8.02. The van der Waals surface area contributed by atoms with Gasteiger partial charge >= 0.3 is 0 Å². The SMILES string of the molecule is COc1cccc(-n2cccc2CN2CC[C@@H](N)[C@H](OC)C2)c1. The summed E-state index contributed by atoms with van der Waals surface area (Å²) in [4.78, 5) is 2.41. The summed E-state index contributed by atoms with van der Waals surface area (Å²) in [6, 6.07) is 12.5. The number of nitrogens with two attached hydrogens (primary N) is 1. The van der Waals surface area contributed by atoms with Gasteiger partial charge in [0.2, 0.25) is 0 Å². The Morgan fingerprint density at radius 2 is 2.09 bits per heavy atom. The van der Waals surface area contributed by atoms with Gasteiger partial charge < -0.3 is 19.8 Å². The Bertz CT molecular complexity index is 641. The van der Waals surface area contributed by atoms with Crippen LogP contribution in [0, 0.1) is 0 Å². The molecule has 1 saturated heterocycles.